The number of ether oxygens (including phenoxy) is 2. The summed E-state index contributed by atoms with van der Waals surface area (Å²) >= 11 is 0. The van der Waals surface area contributed by atoms with E-state index in [1.165, 1.54) is 6.92 Å². The van der Waals surface area contributed by atoms with Crippen molar-refractivity contribution in [3.63, 3.8) is 0 Å². The molecule has 15 heavy (non-hydrogen) atoms. The molecule has 0 spiro atoms. The summed E-state index contributed by atoms with van der Waals surface area (Å²) in [5.41, 5.74) is -0.0187. The highest BCUT2D eigenvalue weighted by Crippen LogP contribution is 2.16. The van der Waals surface area contributed by atoms with Gasteiger partial charge in [0.05, 0.1) is 13.2 Å². The van der Waals surface area contributed by atoms with Gasteiger partial charge in [-0.15, -0.1) is 0 Å². The topological polar surface area (TPSA) is 52.6 Å². The van der Waals surface area contributed by atoms with Gasteiger partial charge < -0.3 is 9.47 Å². The summed E-state index contributed by atoms with van der Waals surface area (Å²) < 4.78 is 9.82. The fourth-order valence-corrected chi connectivity index (χ4v) is 0.723. The molecule has 0 aromatic heterocycles. The van der Waals surface area contributed by atoms with Crippen LogP contribution in [0.25, 0.3) is 0 Å². The van der Waals surface area contributed by atoms with Gasteiger partial charge in [0.1, 0.15) is 0 Å². The maximum Gasteiger partial charge on any atom is 0.333 e. The Labute approximate surface area is 90.2 Å². The molecule has 0 aromatic rings. The van der Waals surface area contributed by atoms with Crippen LogP contribution in [0.4, 0.5) is 0 Å². The molecule has 0 bridgehead atoms. The second-order valence-corrected chi connectivity index (χ2v) is 4.30. The minimum atomic E-state index is -0.425. The molecule has 0 aliphatic carbocycles. The summed E-state index contributed by atoms with van der Waals surface area (Å²) in [6.45, 7) is 10.5. The van der Waals surface area contributed by atoms with Crippen LogP contribution in [-0.4, -0.2) is 25.2 Å². The number of hydrogen-bond acceptors (Lipinski definition) is 4. The summed E-state index contributed by atoms with van der Waals surface area (Å²) in [6, 6.07) is 0. The maximum absolute atomic E-state index is 11.1. The van der Waals surface area contributed by atoms with Gasteiger partial charge in [-0.3, -0.25) is 4.79 Å². The van der Waals surface area contributed by atoms with E-state index in [9.17, 15) is 9.59 Å². The van der Waals surface area contributed by atoms with Crippen LogP contribution in [0, 0.1) is 5.41 Å². The Kier molecular flexibility index (Phi) is 5.05. The molecule has 0 saturated carbocycles. The lowest BCUT2D eigenvalue weighted by molar-refractivity contribution is -0.148. The van der Waals surface area contributed by atoms with Crippen molar-refractivity contribution in [2.45, 2.75) is 27.7 Å². The lowest BCUT2D eigenvalue weighted by atomic mass is 9.96. The van der Waals surface area contributed by atoms with E-state index in [0.29, 0.717) is 5.57 Å². The number of rotatable bonds is 5. The molecule has 0 N–H and O–H groups in total. The van der Waals surface area contributed by atoms with Gasteiger partial charge in [0.25, 0.3) is 0 Å². The molecular formula is C11H18O4. The molecule has 0 radical (unpaired) electrons. The Morgan fingerprint density at radius 2 is 1.60 bits per heavy atom. The van der Waals surface area contributed by atoms with Gasteiger partial charge in [-0.25, -0.2) is 4.79 Å². The van der Waals surface area contributed by atoms with Crippen LogP contribution >= 0.6 is 0 Å². The van der Waals surface area contributed by atoms with Crippen molar-refractivity contribution in [2.75, 3.05) is 13.2 Å². The van der Waals surface area contributed by atoms with E-state index in [4.69, 9.17) is 9.47 Å². The first-order chi connectivity index (χ1) is 6.74. The lowest BCUT2D eigenvalue weighted by Gasteiger charge is -2.23. The summed E-state index contributed by atoms with van der Waals surface area (Å²) in [7, 11) is 0. The summed E-state index contributed by atoms with van der Waals surface area (Å²) in [6.07, 6.45) is 0. The van der Waals surface area contributed by atoms with Gasteiger partial charge in [-0.2, -0.15) is 0 Å². The first-order valence-corrected chi connectivity index (χ1v) is 4.70. The zero-order chi connectivity index (χ0) is 12.1. The van der Waals surface area contributed by atoms with E-state index < -0.39 is 5.97 Å². The SMILES string of the molecule is C=C(C)C(=O)OCC(C)(C)COC(C)=O. The first kappa shape index (κ1) is 13.7. The lowest BCUT2D eigenvalue weighted by Crippen LogP contribution is -2.28. The number of carbonyl (C=O) groups excluding carboxylic acids is 2. The fraction of sp³-hybridized carbons (Fsp3) is 0.636. The van der Waals surface area contributed by atoms with E-state index in [0.717, 1.165) is 0 Å². The Morgan fingerprint density at radius 3 is 2.00 bits per heavy atom. The van der Waals surface area contributed by atoms with Crippen LogP contribution in [0.2, 0.25) is 0 Å². The molecule has 0 aliphatic rings. The minimum Gasteiger partial charge on any atom is -0.465 e. The summed E-state index contributed by atoms with van der Waals surface area (Å²) in [5, 5.41) is 0. The van der Waals surface area contributed by atoms with E-state index in [2.05, 4.69) is 6.58 Å². The number of hydrogen-bond donors (Lipinski definition) is 0. The van der Waals surface area contributed by atoms with Gasteiger partial charge in [-0.05, 0) is 6.92 Å². The zero-order valence-corrected chi connectivity index (χ0v) is 9.75. The van der Waals surface area contributed by atoms with Gasteiger partial charge in [0.15, 0.2) is 0 Å². The quantitative estimate of drug-likeness (QED) is 0.516. The van der Waals surface area contributed by atoms with Crippen LogP contribution in [0.15, 0.2) is 12.2 Å². The van der Waals surface area contributed by atoms with Crippen LogP contribution in [0.3, 0.4) is 0 Å². The van der Waals surface area contributed by atoms with Crippen molar-refractivity contribution in [1.29, 1.82) is 0 Å². The molecule has 86 valence electrons. The third-order valence-electron chi connectivity index (χ3n) is 1.61. The normalized spacial score (nSPS) is 10.7. The molecule has 0 aromatic carbocycles. The predicted octanol–water partition coefficient (Wildman–Crippen LogP) is 1.70. The molecule has 0 saturated heterocycles. The van der Waals surface area contributed by atoms with Crippen molar-refractivity contribution < 1.29 is 19.1 Å². The van der Waals surface area contributed by atoms with Gasteiger partial charge in [-0.1, -0.05) is 20.4 Å². The molecule has 0 unspecified atom stereocenters. The first-order valence-electron chi connectivity index (χ1n) is 4.70. The fourth-order valence-electron chi connectivity index (χ4n) is 0.723. The molecule has 0 heterocycles. The zero-order valence-electron chi connectivity index (χ0n) is 9.75. The average molecular weight is 214 g/mol. The van der Waals surface area contributed by atoms with Crippen molar-refractivity contribution in [3.8, 4) is 0 Å². The Hall–Kier alpha value is -1.32. The smallest absolute Gasteiger partial charge is 0.333 e. The molecule has 4 nitrogen and oxygen atoms in total. The van der Waals surface area contributed by atoms with Crippen molar-refractivity contribution in [3.05, 3.63) is 12.2 Å². The Morgan fingerprint density at radius 1 is 1.13 bits per heavy atom. The number of carbonyl (C=O) groups is 2. The largest absolute Gasteiger partial charge is 0.465 e. The molecule has 0 rings (SSSR count). The third kappa shape index (κ3) is 6.71. The maximum atomic E-state index is 11.1. The van der Waals surface area contributed by atoms with Gasteiger partial charge in [0, 0.05) is 17.9 Å². The summed E-state index contributed by atoms with van der Waals surface area (Å²) in [5.74, 6) is -0.764. The van der Waals surface area contributed by atoms with E-state index in [-0.39, 0.29) is 24.6 Å². The van der Waals surface area contributed by atoms with Gasteiger partial charge in [0.2, 0.25) is 0 Å². The van der Waals surface area contributed by atoms with E-state index in [1.54, 1.807) is 6.92 Å². The molecular weight excluding hydrogens is 196 g/mol. The monoisotopic (exact) mass is 214 g/mol. The highest BCUT2D eigenvalue weighted by Gasteiger charge is 2.22. The Bertz CT molecular complexity index is 266. The van der Waals surface area contributed by atoms with Crippen molar-refractivity contribution in [1.82, 2.24) is 0 Å². The molecule has 0 fully saturated rings. The van der Waals surface area contributed by atoms with Crippen LogP contribution in [0.1, 0.15) is 27.7 Å². The van der Waals surface area contributed by atoms with Crippen LogP contribution in [0.5, 0.6) is 0 Å². The summed E-state index contributed by atoms with van der Waals surface area (Å²) in [4.78, 5) is 21.7. The second-order valence-electron chi connectivity index (χ2n) is 4.30. The predicted molar refractivity (Wildman–Crippen MR) is 56.2 cm³/mol. The van der Waals surface area contributed by atoms with Crippen LogP contribution < -0.4 is 0 Å². The van der Waals surface area contributed by atoms with Crippen molar-refractivity contribution >= 4 is 11.9 Å². The highest BCUT2D eigenvalue weighted by atomic mass is 16.5. The van der Waals surface area contributed by atoms with E-state index in [1.807, 2.05) is 13.8 Å². The van der Waals surface area contributed by atoms with Gasteiger partial charge >= 0.3 is 11.9 Å². The number of esters is 2. The Balaban J connectivity index is 3.98. The van der Waals surface area contributed by atoms with Crippen molar-refractivity contribution in [2.24, 2.45) is 5.41 Å². The highest BCUT2D eigenvalue weighted by molar-refractivity contribution is 5.86. The standard InChI is InChI=1S/C11H18O4/c1-8(2)10(13)15-7-11(4,5)6-14-9(3)12/h1,6-7H2,2-5H3. The molecule has 4 heteroatoms. The second kappa shape index (κ2) is 5.53. The van der Waals surface area contributed by atoms with E-state index >= 15 is 0 Å². The van der Waals surface area contributed by atoms with Crippen LogP contribution in [-0.2, 0) is 19.1 Å². The average Bonchev–Trinajstić information content (AvgIpc) is 2.11. The molecule has 0 atom stereocenters. The minimum absolute atomic E-state index is 0.200. The molecule has 0 aliphatic heterocycles. The third-order valence-corrected chi connectivity index (χ3v) is 1.61. The molecule has 0 amide bonds.